The van der Waals surface area contributed by atoms with Crippen LogP contribution in [0.3, 0.4) is 0 Å². The fourth-order valence-corrected chi connectivity index (χ4v) is 2.56. The van der Waals surface area contributed by atoms with Crippen molar-refractivity contribution in [3.63, 3.8) is 0 Å². The lowest BCUT2D eigenvalue weighted by molar-refractivity contribution is -0.135. The van der Waals surface area contributed by atoms with E-state index in [-0.39, 0.29) is 49.2 Å². The Kier molecular flexibility index (Phi) is 8.30. The zero-order valence-corrected chi connectivity index (χ0v) is 14.7. The second-order valence-corrected chi connectivity index (χ2v) is 5.55. The van der Waals surface area contributed by atoms with Crippen LogP contribution in [-0.4, -0.2) is 55.3 Å². The number of nitrogens with one attached hydrogen (secondary N) is 3. The highest BCUT2D eigenvalue weighted by Gasteiger charge is 2.28. The van der Waals surface area contributed by atoms with Crippen LogP contribution < -0.4 is 16.0 Å². The summed E-state index contributed by atoms with van der Waals surface area (Å²) in [6.45, 7) is 2.61. The number of hydrogen-bond acceptors (Lipinski definition) is 4. The summed E-state index contributed by atoms with van der Waals surface area (Å²) in [5.41, 5.74) is 0.708. The second-order valence-electron chi connectivity index (χ2n) is 5.55. The van der Waals surface area contributed by atoms with Gasteiger partial charge in [0.2, 0.25) is 17.7 Å². The highest BCUT2D eigenvalue weighted by molar-refractivity contribution is 5.88. The fourth-order valence-electron chi connectivity index (χ4n) is 2.56. The van der Waals surface area contributed by atoms with Gasteiger partial charge in [-0.3, -0.25) is 14.4 Å². The Morgan fingerprint density at radius 2 is 2.04 bits per heavy atom. The first-order valence-corrected chi connectivity index (χ1v) is 7.74. The summed E-state index contributed by atoms with van der Waals surface area (Å²) in [5.74, 6) is -1.35. The molecule has 1 aliphatic heterocycles. The van der Waals surface area contributed by atoms with Crippen LogP contribution in [0.25, 0.3) is 0 Å². The molecule has 1 heterocycles. The van der Waals surface area contributed by atoms with Gasteiger partial charge in [0.1, 0.15) is 5.82 Å². The summed E-state index contributed by atoms with van der Waals surface area (Å²) in [6.07, 6.45) is 0. The number of piperazine rings is 1. The number of carbonyl (C=O) groups excluding carboxylic acids is 3. The molecule has 1 fully saturated rings. The lowest BCUT2D eigenvalue weighted by Gasteiger charge is -2.36. The number of rotatable bonds is 5. The third kappa shape index (κ3) is 6.32. The first kappa shape index (κ1) is 20.9. The van der Waals surface area contributed by atoms with Gasteiger partial charge in [-0.25, -0.2) is 4.39 Å². The minimum absolute atomic E-state index is 0. The Bertz CT molecular complexity index is 629. The van der Waals surface area contributed by atoms with E-state index < -0.39 is 5.91 Å². The maximum atomic E-state index is 13.4. The highest BCUT2D eigenvalue weighted by Crippen LogP contribution is 2.22. The molecule has 3 N–H and O–H groups in total. The molecular formula is C16H22ClFN4O3. The molecule has 9 heteroatoms. The van der Waals surface area contributed by atoms with E-state index in [1.165, 1.54) is 19.1 Å². The average molecular weight is 373 g/mol. The predicted molar refractivity (Wildman–Crippen MR) is 92.7 cm³/mol. The molecule has 1 unspecified atom stereocenters. The van der Waals surface area contributed by atoms with Crippen LogP contribution in [0.4, 0.5) is 4.39 Å². The van der Waals surface area contributed by atoms with E-state index in [1.807, 2.05) is 0 Å². The molecule has 138 valence electrons. The van der Waals surface area contributed by atoms with Gasteiger partial charge in [0.05, 0.1) is 19.1 Å². The Morgan fingerprint density at radius 3 is 2.72 bits per heavy atom. The number of carbonyl (C=O) groups is 3. The molecule has 0 spiro atoms. The van der Waals surface area contributed by atoms with E-state index in [4.69, 9.17) is 0 Å². The molecular weight excluding hydrogens is 351 g/mol. The van der Waals surface area contributed by atoms with Crippen LogP contribution in [0.5, 0.6) is 0 Å². The minimum Gasteiger partial charge on any atom is -0.347 e. The van der Waals surface area contributed by atoms with Crippen LogP contribution in [0.15, 0.2) is 24.3 Å². The smallest absolute Gasteiger partial charge is 0.242 e. The zero-order valence-electron chi connectivity index (χ0n) is 13.9. The molecule has 0 aliphatic carbocycles. The van der Waals surface area contributed by atoms with Gasteiger partial charge in [-0.15, -0.1) is 12.4 Å². The summed E-state index contributed by atoms with van der Waals surface area (Å²) in [7, 11) is 0. The summed E-state index contributed by atoms with van der Waals surface area (Å²) in [6, 6.07) is 5.86. The first-order valence-electron chi connectivity index (χ1n) is 7.74. The van der Waals surface area contributed by atoms with Crippen molar-refractivity contribution in [2.45, 2.75) is 13.0 Å². The maximum Gasteiger partial charge on any atom is 0.242 e. The number of hydrogen-bond donors (Lipinski definition) is 3. The second kappa shape index (κ2) is 9.95. The topological polar surface area (TPSA) is 90.5 Å². The van der Waals surface area contributed by atoms with E-state index in [0.717, 1.165) is 0 Å². The molecule has 1 aliphatic rings. The zero-order chi connectivity index (χ0) is 17.5. The van der Waals surface area contributed by atoms with Crippen LogP contribution in [0, 0.1) is 5.82 Å². The third-order valence-corrected chi connectivity index (χ3v) is 3.73. The van der Waals surface area contributed by atoms with Crippen LogP contribution in [-0.2, 0) is 14.4 Å². The van der Waals surface area contributed by atoms with E-state index in [2.05, 4.69) is 16.0 Å². The third-order valence-electron chi connectivity index (χ3n) is 3.73. The van der Waals surface area contributed by atoms with Crippen molar-refractivity contribution in [3.05, 3.63) is 35.6 Å². The molecule has 0 saturated carbocycles. The molecule has 1 aromatic carbocycles. The number of amides is 3. The van der Waals surface area contributed by atoms with Crippen molar-refractivity contribution in [3.8, 4) is 0 Å². The lowest BCUT2D eigenvalue weighted by Crippen LogP contribution is -2.51. The average Bonchev–Trinajstić information content (AvgIpc) is 2.57. The Labute approximate surface area is 151 Å². The largest absolute Gasteiger partial charge is 0.347 e. The molecule has 1 aromatic rings. The Morgan fingerprint density at radius 1 is 1.28 bits per heavy atom. The summed E-state index contributed by atoms with van der Waals surface area (Å²) in [4.78, 5) is 36.4. The van der Waals surface area contributed by atoms with Gasteiger partial charge in [0.25, 0.3) is 0 Å². The number of halogens is 2. The van der Waals surface area contributed by atoms with Gasteiger partial charge in [0, 0.05) is 26.6 Å². The summed E-state index contributed by atoms with van der Waals surface area (Å²) >= 11 is 0. The molecule has 7 nitrogen and oxygen atoms in total. The Hall–Kier alpha value is -2.19. The van der Waals surface area contributed by atoms with Crippen LogP contribution in [0.2, 0.25) is 0 Å². The van der Waals surface area contributed by atoms with Crippen molar-refractivity contribution in [2.75, 3.05) is 32.7 Å². The molecule has 2 rings (SSSR count). The van der Waals surface area contributed by atoms with Gasteiger partial charge < -0.3 is 20.9 Å². The van der Waals surface area contributed by atoms with Crippen LogP contribution in [0.1, 0.15) is 18.5 Å². The molecule has 0 bridgehead atoms. The van der Waals surface area contributed by atoms with E-state index >= 15 is 0 Å². The fraction of sp³-hybridized carbons (Fsp3) is 0.438. The standard InChI is InChI=1S/C16H21FN4O3.ClH/c1-11(22)19-9-15(23)20-10-16(24)21-6-5-18-8-14(21)12-3-2-4-13(17)7-12;/h2-4,7,14,18H,5-6,8-10H2,1H3,(H,19,22)(H,20,23);1H. The first-order chi connectivity index (χ1) is 11.5. The van der Waals surface area contributed by atoms with Gasteiger partial charge in [-0.2, -0.15) is 0 Å². The number of benzene rings is 1. The van der Waals surface area contributed by atoms with E-state index in [9.17, 15) is 18.8 Å². The number of nitrogens with zero attached hydrogens (tertiary/aromatic N) is 1. The monoisotopic (exact) mass is 372 g/mol. The molecule has 3 amide bonds. The summed E-state index contributed by atoms with van der Waals surface area (Å²) < 4.78 is 13.4. The predicted octanol–water partition coefficient (Wildman–Crippen LogP) is -0.0273. The van der Waals surface area contributed by atoms with Gasteiger partial charge >= 0.3 is 0 Å². The molecule has 1 atom stereocenters. The summed E-state index contributed by atoms with van der Waals surface area (Å²) in [5, 5.41) is 8.03. The van der Waals surface area contributed by atoms with Crippen molar-refractivity contribution < 1.29 is 18.8 Å². The van der Waals surface area contributed by atoms with Gasteiger partial charge in [-0.05, 0) is 17.7 Å². The van der Waals surface area contributed by atoms with Gasteiger partial charge in [-0.1, -0.05) is 12.1 Å². The molecule has 0 radical (unpaired) electrons. The SMILES string of the molecule is CC(=O)NCC(=O)NCC(=O)N1CCNCC1c1cccc(F)c1.Cl. The molecule has 1 saturated heterocycles. The van der Waals surface area contributed by atoms with E-state index in [1.54, 1.807) is 17.0 Å². The van der Waals surface area contributed by atoms with Crippen molar-refractivity contribution in [2.24, 2.45) is 0 Å². The Balaban J connectivity index is 0.00000312. The highest BCUT2D eigenvalue weighted by atomic mass is 35.5. The van der Waals surface area contributed by atoms with E-state index in [0.29, 0.717) is 25.2 Å². The van der Waals surface area contributed by atoms with Crippen molar-refractivity contribution >= 4 is 30.1 Å². The molecule has 0 aromatic heterocycles. The molecule has 25 heavy (non-hydrogen) atoms. The normalized spacial score (nSPS) is 16.6. The van der Waals surface area contributed by atoms with Crippen LogP contribution >= 0.6 is 12.4 Å². The van der Waals surface area contributed by atoms with Crippen molar-refractivity contribution in [1.29, 1.82) is 0 Å². The van der Waals surface area contributed by atoms with Crippen molar-refractivity contribution in [1.82, 2.24) is 20.9 Å². The lowest BCUT2D eigenvalue weighted by atomic mass is 10.0. The quantitative estimate of drug-likeness (QED) is 0.677. The minimum atomic E-state index is -0.434. The maximum absolute atomic E-state index is 13.4. The van der Waals surface area contributed by atoms with Gasteiger partial charge in [0.15, 0.2) is 0 Å².